The third-order valence-corrected chi connectivity index (χ3v) is 5.77. The molecule has 3 rings (SSSR count). The van der Waals surface area contributed by atoms with Crippen LogP contribution in [0.5, 0.6) is 11.5 Å². The molecule has 1 amide bonds. The molecule has 1 fully saturated rings. The number of piperidine rings is 1. The third kappa shape index (κ3) is 3.33. The number of carbonyl (C=O) groups excluding carboxylic acids is 1. The Bertz CT molecular complexity index is 750. The summed E-state index contributed by atoms with van der Waals surface area (Å²) in [5.41, 5.74) is 0.398. The maximum Gasteiger partial charge on any atom is 0.262 e. The van der Waals surface area contributed by atoms with Gasteiger partial charge < -0.3 is 20.1 Å². The van der Waals surface area contributed by atoms with E-state index in [0.717, 1.165) is 19.4 Å². The summed E-state index contributed by atoms with van der Waals surface area (Å²) < 4.78 is 38.9. The van der Waals surface area contributed by atoms with Crippen LogP contribution >= 0.6 is 0 Å². The highest BCUT2D eigenvalue weighted by Gasteiger charge is 2.30. The summed E-state index contributed by atoms with van der Waals surface area (Å²) in [6.45, 7) is 2.69. The highest BCUT2D eigenvalue weighted by atomic mass is 32.2. The number of amides is 1. The van der Waals surface area contributed by atoms with Crippen LogP contribution in [0.25, 0.3) is 0 Å². The van der Waals surface area contributed by atoms with E-state index >= 15 is 0 Å². The van der Waals surface area contributed by atoms with Crippen molar-refractivity contribution < 1.29 is 22.7 Å². The van der Waals surface area contributed by atoms with Gasteiger partial charge in [0.25, 0.3) is 5.91 Å². The highest BCUT2D eigenvalue weighted by molar-refractivity contribution is 7.89. The van der Waals surface area contributed by atoms with Crippen molar-refractivity contribution in [2.75, 3.05) is 25.6 Å². The van der Waals surface area contributed by atoms with Crippen LogP contribution in [0.1, 0.15) is 19.8 Å². The lowest BCUT2D eigenvalue weighted by molar-refractivity contribution is -0.118. The molecule has 2 heterocycles. The lowest BCUT2D eigenvalue weighted by atomic mass is 10.0. The minimum Gasteiger partial charge on any atom is -0.495 e. The van der Waals surface area contributed by atoms with Crippen LogP contribution < -0.4 is 24.8 Å². The van der Waals surface area contributed by atoms with Crippen LogP contribution in [0.3, 0.4) is 0 Å². The number of hydrogen-bond donors (Lipinski definition) is 3. The molecular weight excluding hydrogens is 334 g/mol. The van der Waals surface area contributed by atoms with Gasteiger partial charge in [-0.1, -0.05) is 0 Å². The Balaban J connectivity index is 1.93. The first kappa shape index (κ1) is 17.0. The molecule has 9 heteroatoms. The summed E-state index contributed by atoms with van der Waals surface area (Å²) in [6.07, 6.45) is 1.68. The number of benzene rings is 1. The smallest absolute Gasteiger partial charge is 0.262 e. The second-order valence-corrected chi connectivity index (χ2v) is 7.63. The molecule has 2 aliphatic rings. The number of ether oxygens (including phenoxy) is 2. The van der Waals surface area contributed by atoms with Crippen molar-refractivity contribution in [3.8, 4) is 11.5 Å². The van der Waals surface area contributed by atoms with Crippen LogP contribution in [0.2, 0.25) is 0 Å². The number of sulfonamides is 1. The van der Waals surface area contributed by atoms with Crippen LogP contribution in [0, 0.1) is 0 Å². The van der Waals surface area contributed by atoms with E-state index < -0.39 is 10.0 Å². The molecule has 2 atom stereocenters. The number of carbonyl (C=O) groups is 1. The molecule has 3 N–H and O–H groups in total. The molecule has 1 aromatic rings. The summed E-state index contributed by atoms with van der Waals surface area (Å²) in [6, 6.07) is 2.71. The van der Waals surface area contributed by atoms with E-state index in [9.17, 15) is 13.2 Å². The number of rotatable bonds is 4. The van der Waals surface area contributed by atoms with Gasteiger partial charge >= 0.3 is 0 Å². The van der Waals surface area contributed by atoms with Gasteiger partial charge in [-0.3, -0.25) is 4.79 Å². The standard InChI is InChI=1S/C15H21N3O5S/c1-9-10(4-3-5-16-9)18-24(20,21)14-7-12-11(6-13(14)22-2)17-15(19)8-23-12/h6-7,9-10,16,18H,3-5,8H2,1-2H3,(H,17,19). The van der Waals surface area contributed by atoms with Gasteiger partial charge in [-0.05, 0) is 26.3 Å². The van der Waals surface area contributed by atoms with Crippen molar-refractivity contribution in [2.24, 2.45) is 0 Å². The van der Waals surface area contributed by atoms with Crippen molar-refractivity contribution in [2.45, 2.75) is 36.7 Å². The molecule has 2 aliphatic heterocycles. The van der Waals surface area contributed by atoms with Crippen LogP contribution in [-0.4, -0.2) is 46.7 Å². The van der Waals surface area contributed by atoms with Gasteiger partial charge in [-0.2, -0.15) is 0 Å². The molecule has 8 nitrogen and oxygen atoms in total. The van der Waals surface area contributed by atoms with E-state index in [1.807, 2.05) is 6.92 Å². The Morgan fingerprint density at radius 3 is 2.88 bits per heavy atom. The fourth-order valence-corrected chi connectivity index (χ4v) is 4.44. The number of anilines is 1. The zero-order valence-corrected chi connectivity index (χ0v) is 14.4. The van der Waals surface area contributed by atoms with Crippen molar-refractivity contribution >= 4 is 21.6 Å². The lowest BCUT2D eigenvalue weighted by Crippen LogP contribution is -2.51. The first-order chi connectivity index (χ1) is 11.4. The molecule has 0 bridgehead atoms. The van der Waals surface area contributed by atoms with Gasteiger partial charge in [-0.25, -0.2) is 13.1 Å². The first-order valence-corrected chi connectivity index (χ1v) is 9.29. The maximum absolute atomic E-state index is 12.8. The predicted octanol–water partition coefficient (Wildman–Crippen LogP) is 0.445. The van der Waals surface area contributed by atoms with Gasteiger partial charge in [0.05, 0.1) is 12.8 Å². The molecule has 2 unspecified atom stereocenters. The fourth-order valence-electron chi connectivity index (χ4n) is 2.93. The molecule has 0 aromatic heterocycles. The Kier molecular flexibility index (Phi) is 4.66. The molecular formula is C15H21N3O5S. The molecule has 0 saturated carbocycles. The van der Waals surface area contributed by atoms with Gasteiger partial charge in [0.15, 0.2) is 6.61 Å². The minimum absolute atomic E-state index is 0.00216. The van der Waals surface area contributed by atoms with E-state index in [4.69, 9.17) is 9.47 Å². The zero-order valence-electron chi connectivity index (χ0n) is 13.6. The maximum atomic E-state index is 12.8. The van der Waals surface area contributed by atoms with Gasteiger partial charge in [0.2, 0.25) is 10.0 Å². The number of methoxy groups -OCH3 is 1. The normalized spacial score (nSPS) is 23.8. The van der Waals surface area contributed by atoms with Crippen molar-refractivity contribution in [3.05, 3.63) is 12.1 Å². The average molecular weight is 355 g/mol. The number of fused-ring (bicyclic) bond motifs is 1. The second-order valence-electron chi connectivity index (χ2n) is 5.95. The summed E-state index contributed by atoms with van der Waals surface area (Å²) in [5, 5.41) is 5.89. The van der Waals surface area contributed by atoms with E-state index in [2.05, 4.69) is 15.4 Å². The van der Waals surface area contributed by atoms with Crippen LogP contribution in [0.15, 0.2) is 17.0 Å². The molecule has 0 radical (unpaired) electrons. The van der Waals surface area contributed by atoms with Gasteiger partial charge in [-0.15, -0.1) is 0 Å². The highest BCUT2D eigenvalue weighted by Crippen LogP contribution is 2.37. The van der Waals surface area contributed by atoms with E-state index in [0.29, 0.717) is 11.4 Å². The Morgan fingerprint density at radius 2 is 2.17 bits per heavy atom. The van der Waals surface area contributed by atoms with Crippen molar-refractivity contribution in [3.63, 3.8) is 0 Å². The monoisotopic (exact) mass is 355 g/mol. The van der Waals surface area contributed by atoms with Gasteiger partial charge in [0.1, 0.15) is 16.4 Å². The first-order valence-electron chi connectivity index (χ1n) is 7.81. The molecule has 132 valence electrons. The topological polar surface area (TPSA) is 106 Å². The summed E-state index contributed by atoms with van der Waals surface area (Å²) in [4.78, 5) is 11.4. The van der Waals surface area contributed by atoms with Crippen molar-refractivity contribution in [1.82, 2.24) is 10.0 Å². The minimum atomic E-state index is -3.79. The van der Waals surface area contributed by atoms with E-state index in [1.54, 1.807) is 0 Å². The largest absolute Gasteiger partial charge is 0.495 e. The number of nitrogens with one attached hydrogen (secondary N) is 3. The van der Waals surface area contributed by atoms with Crippen LogP contribution in [0.4, 0.5) is 5.69 Å². The molecule has 24 heavy (non-hydrogen) atoms. The number of hydrogen-bond acceptors (Lipinski definition) is 6. The Labute approximate surface area is 141 Å². The molecule has 0 aliphatic carbocycles. The lowest BCUT2D eigenvalue weighted by Gasteiger charge is -2.30. The molecule has 0 spiro atoms. The van der Waals surface area contributed by atoms with Gasteiger partial charge in [0, 0.05) is 24.2 Å². The fraction of sp³-hybridized carbons (Fsp3) is 0.533. The molecule has 1 saturated heterocycles. The predicted molar refractivity (Wildman–Crippen MR) is 87.9 cm³/mol. The van der Waals surface area contributed by atoms with Crippen molar-refractivity contribution in [1.29, 1.82) is 0 Å². The summed E-state index contributed by atoms with van der Waals surface area (Å²) >= 11 is 0. The Hall–Kier alpha value is -1.84. The quantitative estimate of drug-likeness (QED) is 0.724. The zero-order chi connectivity index (χ0) is 17.3. The third-order valence-electron chi connectivity index (χ3n) is 4.26. The van der Waals surface area contributed by atoms with Crippen LogP contribution in [-0.2, 0) is 14.8 Å². The summed E-state index contributed by atoms with van der Waals surface area (Å²) in [5.74, 6) is 0.175. The Morgan fingerprint density at radius 1 is 1.38 bits per heavy atom. The van der Waals surface area contributed by atoms with E-state index in [-0.39, 0.29) is 35.2 Å². The second kappa shape index (κ2) is 6.58. The van der Waals surface area contributed by atoms with E-state index in [1.165, 1.54) is 19.2 Å². The summed E-state index contributed by atoms with van der Waals surface area (Å²) in [7, 11) is -2.40. The average Bonchev–Trinajstić information content (AvgIpc) is 2.55. The molecule has 1 aromatic carbocycles. The SMILES string of the molecule is COc1cc2c(cc1S(=O)(=O)NC1CCCNC1C)OCC(=O)N2.